The van der Waals surface area contributed by atoms with Crippen LogP contribution in [0.15, 0.2) is 85.1 Å². The number of pyridine rings is 2. The maximum Gasteiger partial charge on any atom is 0.408 e. The van der Waals surface area contributed by atoms with Gasteiger partial charge < -0.3 is 15.8 Å². The van der Waals surface area contributed by atoms with E-state index < -0.39 is 11.7 Å². The molecule has 8 nitrogen and oxygen atoms in total. The highest BCUT2D eigenvalue weighted by Gasteiger charge is 2.20. The smallest absolute Gasteiger partial charge is 0.408 e. The minimum absolute atomic E-state index is 0.241. The SMILES string of the molecule is C[C@H](NC(=O)OC(C)(C)C)c1ccc(-n2c(-c3cccnc3N)nc3ccc(-c4ccccc4)nc32)cc1. The van der Waals surface area contributed by atoms with E-state index >= 15 is 0 Å². The number of nitrogens with zero attached hydrogens (tertiary/aromatic N) is 4. The summed E-state index contributed by atoms with van der Waals surface area (Å²) in [4.78, 5) is 26.4. The van der Waals surface area contributed by atoms with Crippen LogP contribution in [0.2, 0.25) is 0 Å². The first kappa shape index (κ1) is 25.0. The number of aromatic nitrogens is 4. The molecule has 5 rings (SSSR count). The molecule has 0 aliphatic rings. The molecule has 0 aliphatic carbocycles. The fourth-order valence-corrected chi connectivity index (χ4v) is 4.24. The van der Waals surface area contributed by atoms with Crippen LogP contribution < -0.4 is 11.1 Å². The second-order valence-corrected chi connectivity index (χ2v) is 10.1. The van der Waals surface area contributed by atoms with Crippen molar-refractivity contribution in [3.05, 3.63) is 90.6 Å². The van der Waals surface area contributed by atoms with E-state index in [1.54, 1.807) is 6.20 Å². The Hall–Kier alpha value is -4.72. The van der Waals surface area contributed by atoms with Crippen molar-refractivity contribution < 1.29 is 9.53 Å². The van der Waals surface area contributed by atoms with Crippen molar-refractivity contribution in [1.82, 2.24) is 24.8 Å². The van der Waals surface area contributed by atoms with Gasteiger partial charge in [-0.2, -0.15) is 0 Å². The van der Waals surface area contributed by atoms with Crippen molar-refractivity contribution in [2.75, 3.05) is 5.73 Å². The minimum Gasteiger partial charge on any atom is -0.444 e. The summed E-state index contributed by atoms with van der Waals surface area (Å²) < 4.78 is 7.39. The van der Waals surface area contributed by atoms with Gasteiger partial charge in [0, 0.05) is 17.4 Å². The number of hydrogen-bond acceptors (Lipinski definition) is 6. The third-order valence-electron chi connectivity index (χ3n) is 6.04. The van der Waals surface area contributed by atoms with Crippen LogP contribution in [0.25, 0.3) is 39.5 Å². The van der Waals surface area contributed by atoms with Gasteiger partial charge in [-0.25, -0.2) is 19.7 Å². The Kier molecular flexibility index (Phi) is 6.55. The summed E-state index contributed by atoms with van der Waals surface area (Å²) in [7, 11) is 0. The normalized spacial score (nSPS) is 12.3. The Morgan fingerprint density at radius 2 is 1.68 bits per heavy atom. The second kappa shape index (κ2) is 9.97. The third kappa shape index (κ3) is 5.20. The number of alkyl carbamates (subject to hydrolysis) is 1. The number of anilines is 1. The van der Waals surface area contributed by atoms with Gasteiger partial charge in [-0.05, 0) is 69.7 Å². The van der Waals surface area contributed by atoms with Gasteiger partial charge >= 0.3 is 6.09 Å². The van der Waals surface area contributed by atoms with Crippen LogP contribution in [0, 0.1) is 0 Å². The minimum atomic E-state index is -0.563. The van der Waals surface area contributed by atoms with E-state index in [-0.39, 0.29) is 6.04 Å². The molecule has 3 heterocycles. The lowest BCUT2D eigenvalue weighted by Crippen LogP contribution is -2.34. The van der Waals surface area contributed by atoms with Crippen molar-refractivity contribution in [3.8, 4) is 28.3 Å². The Morgan fingerprint density at radius 3 is 2.37 bits per heavy atom. The van der Waals surface area contributed by atoms with Crippen LogP contribution in [0.1, 0.15) is 39.3 Å². The van der Waals surface area contributed by atoms with Gasteiger partial charge in [0.1, 0.15) is 16.9 Å². The molecule has 3 aromatic heterocycles. The fourth-order valence-electron chi connectivity index (χ4n) is 4.24. The number of rotatable bonds is 5. The van der Waals surface area contributed by atoms with Crippen LogP contribution in [0.3, 0.4) is 0 Å². The quantitative estimate of drug-likeness (QED) is 0.289. The molecule has 192 valence electrons. The lowest BCUT2D eigenvalue weighted by Gasteiger charge is -2.22. The predicted molar refractivity (Wildman–Crippen MR) is 150 cm³/mol. The van der Waals surface area contributed by atoms with Crippen molar-refractivity contribution >= 4 is 23.1 Å². The Bertz CT molecular complexity index is 1590. The summed E-state index contributed by atoms with van der Waals surface area (Å²) in [5.74, 6) is 1.04. The second-order valence-electron chi connectivity index (χ2n) is 10.1. The number of ether oxygens (including phenoxy) is 1. The first-order valence-corrected chi connectivity index (χ1v) is 12.5. The molecule has 0 radical (unpaired) electrons. The lowest BCUT2D eigenvalue weighted by atomic mass is 10.1. The van der Waals surface area contributed by atoms with E-state index in [4.69, 9.17) is 20.4 Å². The van der Waals surface area contributed by atoms with E-state index in [2.05, 4.69) is 10.3 Å². The summed E-state index contributed by atoms with van der Waals surface area (Å²) in [5.41, 5.74) is 11.5. The Morgan fingerprint density at radius 1 is 0.947 bits per heavy atom. The molecular formula is C30H30N6O2. The van der Waals surface area contributed by atoms with Crippen LogP contribution in [-0.4, -0.2) is 31.2 Å². The van der Waals surface area contributed by atoms with Crippen LogP contribution >= 0.6 is 0 Å². The molecule has 2 aromatic carbocycles. The van der Waals surface area contributed by atoms with E-state index in [0.29, 0.717) is 17.3 Å². The number of nitrogen functional groups attached to an aromatic ring is 1. The molecule has 0 saturated heterocycles. The van der Waals surface area contributed by atoms with Crippen LogP contribution in [-0.2, 0) is 4.74 Å². The summed E-state index contributed by atoms with van der Waals surface area (Å²) in [6.07, 6.45) is 1.20. The van der Waals surface area contributed by atoms with Gasteiger partial charge in [0.05, 0.1) is 17.3 Å². The molecule has 1 atom stereocenters. The standard InChI is InChI=1S/C30H30N6O2/c1-19(33-29(37)38-30(2,3)4)20-12-14-22(15-13-20)36-27(23-11-8-18-32-26(23)31)35-25-17-16-24(34-28(25)36)21-9-6-5-7-10-21/h5-19H,1-4H3,(H2,31,32)(H,33,37)/t19-/m0/s1. The largest absolute Gasteiger partial charge is 0.444 e. The maximum atomic E-state index is 12.3. The van der Waals surface area contributed by atoms with Gasteiger partial charge in [0.2, 0.25) is 0 Å². The van der Waals surface area contributed by atoms with Crippen molar-refractivity contribution in [1.29, 1.82) is 0 Å². The summed E-state index contributed by atoms with van der Waals surface area (Å²) in [6.45, 7) is 7.43. The molecule has 1 amide bonds. The molecule has 0 bridgehead atoms. The molecule has 0 aliphatic heterocycles. The number of imidazole rings is 1. The van der Waals surface area contributed by atoms with E-state index in [9.17, 15) is 4.79 Å². The molecule has 0 fully saturated rings. The highest BCUT2D eigenvalue weighted by Crippen LogP contribution is 2.32. The summed E-state index contributed by atoms with van der Waals surface area (Å²) in [6, 6.07) is 25.4. The molecule has 0 spiro atoms. The zero-order valence-electron chi connectivity index (χ0n) is 21.8. The topological polar surface area (TPSA) is 108 Å². The summed E-state index contributed by atoms with van der Waals surface area (Å²) >= 11 is 0. The Balaban J connectivity index is 1.57. The highest BCUT2D eigenvalue weighted by molar-refractivity contribution is 5.84. The maximum absolute atomic E-state index is 12.3. The van der Waals surface area contributed by atoms with E-state index in [0.717, 1.165) is 33.6 Å². The third-order valence-corrected chi connectivity index (χ3v) is 6.04. The molecular weight excluding hydrogens is 476 g/mol. The summed E-state index contributed by atoms with van der Waals surface area (Å²) in [5, 5.41) is 2.89. The van der Waals surface area contributed by atoms with Crippen LogP contribution in [0.5, 0.6) is 0 Å². The van der Waals surface area contributed by atoms with Gasteiger partial charge in [0.15, 0.2) is 11.5 Å². The van der Waals surface area contributed by atoms with Gasteiger partial charge in [-0.1, -0.05) is 42.5 Å². The monoisotopic (exact) mass is 506 g/mol. The van der Waals surface area contributed by atoms with Gasteiger partial charge in [-0.3, -0.25) is 4.57 Å². The van der Waals surface area contributed by atoms with Crippen molar-refractivity contribution in [2.24, 2.45) is 0 Å². The first-order chi connectivity index (χ1) is 18.2. The number of fused-ring (bicyclic) bond motifs is 1. The van der Waals surface area contributed by atoms with Crippen LogP contribution in [0.4, 0.5) is 10.6 Å². The molecule has 0 unspecified atom stereocenters. The van der Waals surface area contributed by atoms with Gasteiger partial charge in [-0.15, -0.1) is 0 Å². The zero-order valence-corrected chi connectivity index (χ0v) is 21.8. The molecule has 8 heteroatoms. The lowest BCUT2D eigenvalue weighted by molar-refractivity contribution is 0.0508. The number of hydrogen-bond donors (Lipinski definition) is 2. The zero-order chi connectivity index (χ0) is 26.9. The first-order valence-electron chi connectivity index (χ1n) is 12.5. The molecule has 0 saturated carbocycles. The number of nitrogens with one attached hydrogen (secondary N) is 1. The Labute approximate surface area is 221 Å². The fraction of sp³-hybridized carbons (Fsp3) is 0.200. The number of benzene rings is 2. The van der Waals surface area contributed by atoms with Crippen molar-refractivity contribution in [3.63, 3.8) is 0 Å². The van der Waals surface area contributed by atoms with E-state index in [1.807, 2.05) is 111 Å². The molecule has 5 aromatic rings. The number of amides is 1. The highest BCUT2D eigenvalue weighted by atomic mass is 16.6. The average molecular weight is 507 g/mol. The number of carbonyl (C=O) groups is 1. The molecule has 3 N–H and O–H groups in total. The van der Waals surface area contributed by atoms with Gasteiger partial charge in [0.25, 0.3) is 0 Å². The number of carbonyl (C=O) groups excluding carboxylic acids is 1. The predicted octanol–water partition coefficient (Wildman–Crippen LogP) is 6.32. The number of nitrogens with two attached hydrogens (primary N) is 1. The molecule has 38 heavy (non-hydrogen) atoms. The van der Waals surface area contributed by atoms with E-state index in [1.165, 1.54) is 0 Å². The van der Waals surface area contributed by atoms with Crippen molar-refractivity contribution in [2.45, 2.75) is 39.3 Å². The average Bonchev–Trinajstić information content (AvgIpc) is 3.27.